The van der Waals surface area contributed by atoms with Gasteiger partial charge in [0, 0.05) is 41.4 Å². The Bertz CT molecular complexity index is 293. The van der Waals surface area contributed by atoms with Gasteiger partial charge in [-0.25, -0.2) is 13.4 Å². The molecule has 0 radical (unpaired) electrons. The third-order valence-corrected chi connectivity index (χ3v) is 4.43. The number of ether oxygens (including phenoxy) is 1. The first-order valence-electron chi connectivity index (χ1n) is 4.05. The minimum absolute atomic E-state index is 0.349. The molecular formula is C7H14N2O3S. The Kier molecular flexibility index (Phi) is 3.13. The quantitative estimate of drug-likeness (QED) is 0.567. The lowest BCUT2D eigenvalue weighted by atomic mass is 10.5. The standard InChI is InChI=1S/C7H14N2O3S/c1-8-13(11)5-3-9(4-6-13)7(10)12-2/h3-6H2,1-2H3. The summed E-state index contributed by atoms with van der Waals surface area (Å²) in [6.07, 6.45) is -0.349. The maximum absolute atomic E-state index is 11.7. The molecular weight excluding hydrogens is 192 g/mol. The summed E-state index contributed by atoms with van der Waals surface area (Å²) in [5.74, 6) is 0.914. The molecule has 13 heavy (non-hydrogen) atoms. The number of hydrogen-bond donors (Lipinski definition) is 0. The zero-order valence-electron chi connectivity index (χ0n) is 7.86. The molecule has 1 amide bonds. The lowest BCUT2D eigenvalue weighted by molar-refractivity contribution is 0.127. The average molecular weight is 206 g/mol. The largest absolute Gasteiger partial charge is 0.453 e. The number of nitrogens with zero attached hydrogens (tertiary/aromatic N) is 2. The van der Waals surface area contributed by atoms with Crippen LogP contribution in [-0.4, -0.2) is 54.0 Å². The van der Waals surface area contributed by atoms with Crippen LogP contribution in [0.15, 0.2) is 4.36 Å². The summed E-state index contributed by atoms with van der Waals surface area (Å²) in [5, 5.41) is 0. The van der Waals surface area contributed by atoms with Crippen LogP contribution in [0, 0.1) is 0 Å². The fourth-order valence-corrected chi connectivity index (χ4v) is 2.79. The molecule has 0 bridgehead atoms. The summed E-state index contributed by atoms with van der Waals surface area (Å²) < 4.78 is 20.1. The maximum Gasteiger partial charge on any atom is 0.409 e. The van der Waals surface area contributed by atoms with E-state index in [1.165, 1.54) is 7.11 Å². The van der Waals surface area contributed by atoms with Gasteiger partial charge in [-0.1, -0.05) is 0 Å². The fraction of sp³-hybridized carbons (Fsp3) is 0.857. The Hall–Kier alpha value is -0.780. The number of hydrogen-bond acceptors (Lipinski definition) is 4. The lowest BCUT2D eigenvalue weighted by Crippen LogP contribution is -2.43. The van der Waals surface area contributed by atoms with Crippen LogP contribution in [0.5, 0.6) is 0 Å². The second kappa shape index (κ2) is 3.95. The molecule has 1 aliphatic heterocycles. The van der Waals surface area contributed by atoms with Crippen LogP contribution in [0.2, 0.25) is 0 Å². The van der Waals surface area contributed by atoms with Gasteiger partial charge in [0.15, 0.2) is 0 Å². The van der Waals surface area contributed by atoms with Crippen molar-refractivity contribution in [3.8, 4) is 0 Å². The molecule has 0 spiro atoms. The molecule has 0 atom stereocenters. The minimum atomic E-state index is -2.03. The van der Waals surface area contributed by atoms with Gasteiger partial charge in [-0.15, -0.1) is 0 Å². The molecule has 76 valence electrons. The third kappa shape index (κ3) is 2.33. The van der Waals surface area contributed by atoms with Crippen LogP contribution in [0.25, 0.3) is 0 Å². The van der Waals surface area contributed by atoms with E-state index in [0.29, 0.717) is 24.6 Å². The summed E-state index contributed by atoms with van der Waals surface area (Å²) >= 11 is 0. The van der Waals surface area contributed by atoms with E-state index in [-0.39, 0.29) is 6.09 Å². The average Bonchev–Trinajstić information content (AvgIpc) is 2.18. The van der Waals surface area contributed by atoms with Crippen molar-refractivity contribution < 1.29 is 13.7 Å². The molecule has 0 N–H and O–H groups in total. The van der Waals surface area contributed by atoms with Crippen LogP contribution < -0.4 is 0 Å². The highest BCUT2D eigenvalue weighted by molar-refractivity contribution is 7.93. The highest BCUT2D eigenvalue weighted by Crippen LogP contribution is 2.07. The number of amides is 1. The Morgan fingerprint density at radius 2 is 2.00 bits per heavy atom. The van der Waals surface area contributed by atoms with Crippen LogP contribution in [0.3, 0.4) is 0 Å². The first kappa shape index (κ1) is 10.3. The van der Waals surface area contributed by atoms with Gasteiger partial charge in [0.05, 0.1) is 7.11 Å². The molecule has 1 heterocycles. The zero-order valence-corrected chi connectivity index (χ0v) is 8.67. The number of carbonyl (C=O) groups is 1. The van der Waals surface area contributed by atoms with Gasteiger partial charge in [0.2, 0.25) is 0 Å². The second-order valence-electron chi connectivity index (χ2n) is 2.82. The van der Waals surface area contributed by atoms with Crippen molar-refractivity contribution in [3.05, 3.63) is 0 Å². The summed E-state index contributed by atoms with van der Waals surface area (Å²) in [4.78, 5) is 12.6. The van der Waals surface area contributed by atoms with Gasteiger partial charge in [0.25, 0.3) is 0 Å². The molecule has 0 aromatic rings. The third-order valence-electron chi connectivity index (χ3n) is 2.13. The van der Waals surface area contributed by atoms with E-state index in [0.717, 1.165) is 0 Å². The Morgan fingerprint density at radius 1 is 1.46 bits per heavy atom. The van der Waals surface area contributed by atoms with E-state index in [9.17, 15) is 9.00 Å². The van der Waals surface area contributed by atoms with Crippen molar-refractivity contribution in [1.29, 1.82) is 0 Å². The predicted octanol–water partition coefficient (Wildman–Crippen LogP) is 0.166. The Morgan fingerprint density at radius 3 is 2.38 bits per heavy atom. The molecule has 0 aliphatic carbocycles. The number of methoxy groups -OCH3 is 1. The summed E-state index contributed by atoms with van der Waals surface area (Å²) in [6.45, 7) is 0.950. The van der Waals surface area contributed by atoms with E-state index < -0.39 is 9.73 Å². The van der Waals surface area contributed by atoms with Crippen molar-refractivity contribution in [2.75, 3.05) is 38.8 Å². The summed E-state index contributed by atoms with van der Waals surface area (Å²) in [6, 6.07) is 0. The van der Waals surface area contributed by atoms with Crippen molar-refractivity contribution in [2.24, 2.45) is 4.36 Å². The van der Waals surface area contributed by atoms with Gasteiger partial charge in [-0.3, -0.25) is 0 Å². The Balaban J connectivity index is 2.58. The van der Waals surface area contributed by atoms with Crippen LogP contribution in [0.4, 0.5) is 4.79 Å². The van der Waals surface area contributed by atoms with E-state index >= 15 is 0 Å². The van der Waals surface area contributed by atoms with E-state index in [1.54, 1.807) is 11.9 Å². The molecule has 0 unspecified atom stereocenters. The van der Waals surface area contributed by atoms with E-state index in [1.807, 2.05) is 0 Å². The van der Waals surface area contributed by atoms with Gasteiger partial charge >= 0.3 is 6.09 Å². The molecule has 1 aliphatic rings. The van der Waals surface area contributed by atoms with Crippen LogP contribution >= 0.6 is 0 Å². The topological polar surface area (TPSA) is 59.0 Å². The highest BCUT2D eigenvalue weighted by atomic mass is 32.2. The second-order valence-corrected chi connectivity index (χ2v) is 5.55. The van der Waals surface area contributed by atoms with Gasteiger partial charge in [-0.2, -0.15) is 0 Å². The zero-order chi connectivity index (χ0) is 9.90. The van der Waals surface area contributed by atoms with E-state index in [2.05, 4.69) is 9.10 Å². The van der Waals surface area contributed by atoms with Gasteiger partial charge in [0.1, 0.15) is 0 Å². The smallest absolute Gasteiger partial charge is 0.409 e. The predicted molar refractivity (Wildman–Crippen MR) is 50.2 cm³/mol. The van der Waals surface area contributed by atoms with Crippen LogP contribution in [-0.2, 0) is 14.5 Å². The lowest BCUT2D eigenvalue weighted by Gasteiger charge is -2.27. The number of carbonyl (C=O) groups excluding carboxylic acids is 1. The first-order chi connectivity index (χ1) is 6.11. The number of rotatable bonds is 0. The molecule has 1 rings (SSSR count). The van der Waals surface area contributed by atoms with Crippen molar-refractivity contribution in [2.45, 2.75) is 0 Å². The van der Waals surface area contributed by atoms with Crippen molar-refractivity contribution in [3.63, 3.8) is 0 Å². The van der Waals surface area contributed by atoms with Gasteiger partial charge in [-0.05, 0) is 0 Å². The molecule has 5 nitrogen and oxygen atoms in total. The molecule has 0 aromatic carbocycles. The first-order valence-corrected chi connectivity index (χ1v) is 5.90. The molecule has 1 fully saturated rings. The molecule has 0 saturated carbocycles. The van der Waals surface area contributed by atoms with Gasteiger partial charge < -0.3 is 9.64 Å². The molecule has 6 heteroatoms. The summed E-state index contributed by atoms with van der Waals surface area (Å²) in [7, 11) is 0.884. The minimum Gasteiger partial charge on any atom is -0.453 e. The Labute approximate surface area is 78.2 Å². The fourth-order valence-electron chi connectivity index (χ4n) is 1.21. The van der Waals surface area contributed by atoms with Crippen molar-refractivity contribution in [1.82, 2.24) is 4.90 Å². The van der Waals surface area contributed by atoms with Crippen molar-refractivity contribution >= 4 is 15.8 Å². The SMILES string of the molecule is CN=S1(=O)CCN(C(=O)OC)CC1. The normalized spacial score (nSPS) is 20.9. The molecule has 1 saturated heterocycles. The maximum atomic E-state index is 11.7. The molecule has 0 aromatic heterocycles. The monoisotopic (exact) mass is 206 g/mol. The summed E-state index contributed by atoms with van der Waals surface area (Å²) in [5.41, 5.74) is 0. The van der Waals surface area contributed by atoms with E-state index in [4.69, 9.17) is 0 Å². The highest BCUT2D eigenvalue weighted by Gasteiger charge is 2.23. The van der Waals surface area contributed by atoms with Crippen LogP contribution in [0.1, 0.15) is 0 Å².